The lowest BCUT2D eigenvalue weighted by Gasteiger charge is -2.02. The molecule has 0 spiro atoms. The first-order chi connectivity index (χ1) is 10.1. The summed E-state index contributed by atoms with van der Waals surface area (Å²) in [5, 5.41) is 0.928. The maximum atomic E-state index is 11.4. The Morgan fingerprint density at radius 1 is 0.905 bits per heavy atom. The van der Waals surface area contributed by atoms with Gasteiger partial charge in [0.2, 0.25) is 0 Å². The molecule has 0 saturated heterocycles. The molecule has 0 fully saturated rings. The van der Waals surface area contributed by atoms with E-state index in [1.807, 2.05) is 30.4 Å². The second-order valence-electron chi connectivity index (χ2n) is 5.20. The third kappa shape index (κ3) is 2.79. The van der Waals surface area contributed by atoms with Gasteiger partial charge >= 0.3 is 5.63 Å². The largest absolute Gasteiger partial charge is 0.422 e. The first-order valence-electron chi connectivity index (χ1n) is 6.92. The maximum Gasteiger partial charge on any atom is 0.336 e. The van der Waals surface area contributed by atoms with Crippen molar-refractivity contribution >= 4 is 23.1 Å². The van der Waals surface area contributed by atoms with E-state index in [0.717, 1.165) is 16.5 Å². The molecule has 0 unspecified atom stereocenters. The van der Waals surface area contributed by atoms with Gasteiger partial charge < -0.3 is 4.42 Å². The van der Waals surface area contributed by atoms with E-state index in [4.69, 9.17) is 4.42 Å². The fourth-order valence-electron chi connectivity index (χ4n) is 2.30. The van der Waals surface area contributed by atoms with Gasteiger partial charge in [0.15, 0.2) is 0 Å². The highest BCUT2D eigenvalue weighted by Gasteiger charge is 2.01. The van der Waals surface area contributed by atoms with E-state index in [0.29, 0.717) is 5.58 Å². The Bertz CT molecular complexity index is 885. The summed E-state index contributed by atoms with van der Waals surface area (Å²) in [5.74, 6) is 0. The summed E-state index contributed by atoms with van der Waals surface area (Å²) in [6, 6.07) is 15.4. The summed E-state index contributed by atoms with van der Waals surface area (Å²) in [6.07, 6.45) is 4.02. The lowest BCUT2D eigenvalue weighted by atomic mass is 10.0. The molecule has 0 aliphatic carbocycles. The van der Waals surface area contributed by atoms with Crippen LogP contribution in [0.2, 0.25) is 0 Å². The zero-order chi connectivity index (χ0) is 14.8. The third-order valence-electron chi connectivity index (χ3n) is 3.66. The molecule has 0 radical (unpaired) electrons. The van der Waals surface area contributed by atoms with Gasteiger partial charge in [0.1, 0.15) is 5.58 Å². The van der Waals surface area contributed by atoms with E-state index in [1.165, 1.54) is 17.2 Å². The zero-order valence-corrected chi connectivity index (χ0v) is 12.1. The monoisotopic (exact) mass is 276 g/mol. The summed E-state index contributed by atoms with van der Waals surface area (Å²) >= 11 is 0. The summed E-state index contributed by atoms with van der Waals surface area (Å²) in [7, 11) is 0. The summed E-state index contributed by atoms with van der Waals surface area (Å²) in [6.45, 7) is 4.20. The van der Waals surface area contributed by atoms with Gasteiger partial charge in [0.05, 0.1) is 0 Å². The van der Waals surface area contributed by atoms with Crippen molar-refractivity contribution in [1.82, 2.24) is 0 Å². The summed E-state index contributed by atoms with van der Waals surface area (Å²) in [4.78, 5) is 11.4. The van der Waals surface area contributed by atoms with Crippen molar-refractivity contribution in [2.45, 2.75) is 13.8 Å². The van der Waals surface area contributed by atoms with E-state index >= 15 is 0 Å². The van der Waals surface area contributed by atoms with Gasteiger partial charge in [-0.15, -0.1) is 0 Å². The van der Waals surface area contributed by atoms with Crippen molar-refractivity contribution in [2.75, 3.05) is 0 Å². The van der Waals surface area contributed by atoms with Crippen molar-refractivity contribution in [3.63, 3.8) is 0 Å². The minimum absolute atomic E-state index is 0.325. The number of fused-ring (bicyclic) bond motifs is 1. The van der Waals surface area contributed by atoms with Crippen LogP contribution in [0.1, 0.15) is 22.3 Å². The van der Waals surface area contributed by atoms with Crippen LogP contribution in [-0.2, 0) is 0 Å². The quantitative estimate of drug-likeness (QED) is 0.506. The first kappa shape index (κ1) is 13.4. The molecule has 104 valence electrons. The fourth-order valence-corrected chi connectivity index (χ4v) is 2.30. The van der Waals surface area contributed by atoms with E-state index in [-0.39, 0.29) is 5.63 Å². The average molecular weight is 276 g/mol. The van der Waals surface area contributed by atoms with E-state index in [2.05, 4.69) is 32.0 Å². The van der Waals surface area contributed by atoms with Crippen molar-refractivity contribution < 1.29 is 4.42 Å². The Morgan fingerprint density at radius 3 is 2.57 bits per heavy atom. The van der Waals surface area contributed by atoms with Crippen LogP contribution in [-0.4, -0.2) is 0 Å². The molecule has 1 aromatic heterocycles. The van der Waals surface area contributed by atoms with Gasteiger partial charge in [0.25, 0.3) is 0 Å². The molecule has 0 aliphatic heterocycles. The molecule has 3 aromatic rings. The molecule has 21 heavy (non-hydrogen) atoms. The second-order valence-corrected chi connectivity index (χ2v) is 5.20. The number of hydrogen-bond donors (Lipinski definition) is 0. The fraction of sp³-hybridized carbons (Fsp3) is 0.105. The number of benzene rings is 2. The summed E-state index contributed by atoms with van der Waals surface area (Å²) in [5.41, 5.74) is 4.89. The van der Waals surface area contributed by atoms with Crippen LogP contribution >= 0.6 is 0 Å². The van der Waals surface area contributed by atoms with Crippen LogP contribution in [0.5, 0.6) is 0 Å². The Kier molecular flexibility index (Phi) is 3.44. The molecule has 0 N–H and O–H groups in total. The molecule has 1 heterocycles. The lowest BCUT2D eigenvalue weighted by molar-refractivity contribution is 0.560. The second kappa shape index (κ2) is 5.41. The Balaban J connectivity index is 2.04. The number of aryl methyl sites for hydroxylation is 2. The van der Waals surface area contributed by atoms with Crippen LogP contribution < -0.4 is 5.63 Å². The minimum atomic E-state index is -0.325. The Hall–Kier alpha value is -2.61. The van der Waals surface area contributed by atoms with Crippen molar-refractivity contribution in [1.29, 1.82) is 0 Å². The normalized spacial score (nSPS) is 11.3. The van der Waals surface area contributed by atoms with Gasteiger partial charge in [-0.25, -0.2) is 4.79 Å². The molecule has 0 saturated carbocycles. The van der Waals surface area contributed by atoms with Gasteiger partial charge in [-0.2, -0.15) is 0 Å². The predicted molar refractivity (Wildman–Crippen MR) is 87.3 cm³/mol. The van der Waals surface area contributed by atoms with Gasteiger partial charge in [0, 0.05) is 17.0 Å². The molecule has 0 amide bonds. The predicted octanol–water partition coefficient (Wildman–Crippen LogP) is 4.58. The molecule has 2 aromatic carbocycles. The Morgan fingerprint density at radius 2 is 1.76 bits per heavy atom. The summed E-state index contributed by atoms with van der Waals surface area (Å²) < 4.78 is 5.32. The van der Waals surface area contributed by atoms with Crippen molar-refractivity contribution in [2.24, 2.45) is 0 Å². The molecule has 2 nitrogen and oxygen atoms in total. The van der Waals surface area contributed by atoms with Crippen LogP contribution in [0.15, 0.2) is 57.7 Å². The van der Waals surface area contributed by atoms with Crippen molar-refractivity contribution in [3.8, 4) is 0 Å². The third-order valence-corrected chi connectivity index (χ3v) is 3.66. The van der Waals surface area contributed by atoms with Gasteiger partial charge in [-0.05, 0) is 36.6 Å². The van der Waals surface area contributed by atoms with Crippen LogP contribution in [0.3, 0.4) is 0 Å². The highest BCUT2D eigenvalue weighted by Crippen LogP contribution is 2.20. The average Bonchev–Trinajstić information content (AvgIpc) is 2.48. The van der Waals surface area contributed by atoms with E-state index in [9.17, 15) is 4.79 Å². The van der Waals surface area contributed by atoms with Crippen molar-refractivity contribution in [3.05, 3.63) is 81.2 Å². The van der Waals surface area contributed by atoms with Crippen LogP contribution in [0.25, 0.3) is 23.1 Å². The molecular weight excluding hydrogens is 260 g/mol. The van der Waals surface area contributed by atoms with Gasteiger partial charge in [-0.1, -0.05) is 48.6 Å². The lowest BCUT2D eigenvalue weighted by Crippen LogP contribution is -1.95. The molecule has 0 aliphatic rings. The topological polar surface area (TPSA) is 30.2 Å². The van der Waals surface area contributed by atoms with Gasteiger partial charge in [-0.3, -0.25) is 0 Å². The molecule has 3 rings (SSSR count). The standard InChI is InChI=1S/C19H16O2/c1-13-6-7-15(12-14(13)2)8-9-16-4-3-5-17-10-11-18(20)21-19(16)17/h3-12H,1-2H3/b9-8+. The van der Waals surface area contributed by atoms with Crippen LogP contribution in [0.4, 0.5) is 0 Å². The number of para-hydroxylation sites is 1. The molecule has 0 atom stereocenters. The SMILES string of the molecule is Cc1ccc(/C=C/c2cccc3ccc(=O)oc23)cc1C. The number of hydrogen-bond acceptors (Lipinski definition) is 2. The van der Waals surface area contributed by atoms with E-state index < -0.39 is 0 Å². The zero-order valence-electron chi connectivity index (χ0n) is 12.1. The molecule has 2 heteroatoms. The smallest absolute Gasteiger partial charge is 0.336 e. The minimum Gasteiger partial charge on any atom is -0.422 e. The molecule has 0 bridgehead atoms. The maximum absolute atomic E-state index is 11.4. The Labute approximate surface area is 123 Å². The number of rotatable bonds is 2. The highest BCUT2D eigenvalue weighted by atomic mass is 16.4. The van der Waals surface area contributed by atoms with E-state index in [1.54, 1.807) is 6.07 Å². The molecular formula is C19H16O2. The van der Waals surface area contributed by atoms with Crippen LogP contribution in [0, 0.1) is 13.8 Å². The highest BCUT2D eigenvalue weighted by molar-refractivity contribution is 5.88. The first-order valence-corrected chi connectivity index (χ1v) is 6.92.